The molecule has 1 N–H and O–H groups in total. The van der Waals surface area contributed by atoms with E-state index in [1.165, 1.54) is 0 Å². The molecule has 20 heavy (non-hydrogen) atoms. The molecular weight excluding hydrogens is 254 g/mol. The number of amides is 1. The minimum atomic E-state index is -0.372. The van der Waals surface area contributed by atoms with Gasteiger partial charge >= 0.3 is 0 Å². The fraction of sp³-hybridized carbons (Fsp3) is 0.500. The predicted octanol–water partition coefficient (Wildman–Crippen LogP) is 2.72. The second kappa shape index (κ2) is 7.08. The molecule has 1 aliphatic heterocycles. The molecule has 0 aliphatic carbocycles. The van der Waals surface area contributed by atoms with E-state index in [9.17, 15) is 9.59 Å². The van der Waals surface area contributed by atoms with Gasteiger partial charge in [0.2, 0.25) is 5.91 Å². The van der Waals surface area contributed by atoms with Crippen LogP contribution >= 0.6 is 0 Å². The average Bonchev–Trinajstić information content (AvgIpc) is 2.47. The van der Waals surface area contributed by atoms with Crippen molar-refractivity contribution in [3.63, 3.8) is 0 Å². The Kier molecular flexibility index (Phi) is 5.16. The molecule has 0 saturated carbocycles. The molecule has 1 aromatic rings. The smallest absolute Gasteiger partial charge is 0.220 e. The maximum absolute atomic E-state index is 12.3. The molecule has 0 aromatic heterocycles. The molecule has 1 atom stereocenters. The summed E-state index contributed by atoms with van der Waals surface area (Å²) < 4.78 is 5.56. The Morgan fingerprint density at radius 3 is 2.75 bits per heavy atom. The van der Waals surface area contributed by atoms with Gasteiger partial charge in [-0.3, -0.25) is 9.59 Å². The Bertz CT molecular complexity index is 467. The largest absolute Gasteiger partial charge is 0.494 e. The Morgan fingerprint density at radius 2 is 2.10 bits per heavy atom. The SMILES string of the molecule is CCCCOc1ccc(C(=O)C2CCCC(=O)N2)cc1. The molecule has 2 rings (SSSR count). The van der Waals surface area contributed by atoms with Gasteiger partial charge in [0, 0.05) is 12.0 Å². The van der Waals surface area contributed by atoms with Gasteiger partial charge in [0.15, 0.2) is 5.78 Å². The molecule has 0 radical (unpaired) electrons. The molecule has 1 amide bonds. The van der Waals surface area contributed by atoms with E-state index in [0.29, 0.717) is 18.6 Å². The zero-order valence-electron chi connectivity index (χ0n) is 11.9. The quantitative estimate of drug-likeness (QED) is 0.641. The summed E-state index contributed by atoms with van der Waals surface area (Å²) in [6.45, 7) is 2.81. The average molecular weight is 275 g/mol. The highest BCUT2D eigenvalue weighted by atomic mass is 16.5. The fourth-order valence-electron chi connectivity index (χ4n) is 2.25. The molecule has 4 heteroatoms. The number of benzene rings is 1. The third kappa shape index (κ3) is 3.83. The van der Waals surface area contributed by atoms with E-state index >= 15 is 0 Å². The Labute approximate surface area is 119 Å². The van der Waals surface area contributed by atoms with Gasteiger partial charge in [-0.1, -0.05) is 13.3 Å². The van der Waals surface area contributed by atoms with Crippen LogP contribution in [0.5, 0.6) is 5.75 Å². The maximum atomic E-state index is 12.3. The molecule has 1 unspecified atom stereocenters. The van der Waals surface area contributed by atoms with E-state index < -0.39 is 0 Å². The lowest BCUT2D eigenvalue weighted by Crippen LogP contribution is -2.43. The van der Waals surface area contributed by atoms with Crippen molar-refractivity contribution < 1.29 is 14.3 Å². The number of Topliss-reactive ketones (excluding diaryl/α,β-unsaturated/α-hetero) is 1. The summed E-state index contributed by atoms with van der Waals surface area (Å²) in [6, 6.07) is 6.79. The van der Waals surface area contributed by atoms with Crippen LogP contribution in [0.15, 0.2) is 24.3 Å². The standard InChI is InChI=1S/C16H21NO3/c1-2-3-11-20-13-9-7-12(8-10-13)16(19)14-5-4-6-15(18)17-14/h7-10,14H,2-6,11H2,1H3,(H,17,18). The zero-order chi connectivity index (χ0) is 14.4. The Hall–Kier alpha value is -1.84. The summed E-state index contributed by atoms with van der Waals surface area (Å²) in [5, 5.41) is 2.75. The van der Waals surface area contributed by atoms with Crippen molar-refractivity contribution in [1.29, 1.82) is 0 Å². The molecular formula is C16H21NO3. The summed E-state index contributed by atoms with van der Waals surface area (Å²) in [5.74, 6) is 0.731. The second-order valence-corrected chi connectivity index (χ2v) is 5.10. The number of hydrogen-bond donors (Lipinski definition) is 1. The lowest BCUT2D eigenvalue weighted by molar-refractivity contribution is -0.122. The van der Waals surface area contributed by atoms with Gasteiger partial charge in [-0.25, -0.2) is 0 Å². The number of nitrogens with one attached hydrogen (secondary N) is 1. The van der Waals surface area contributed by atoms with E-state index in [1.807, 2.05) is 12.1 Å². The van der Waals surface area contributed by atoms with Crippen LogP contribution in [0.25, 0.3) is 0 Å². The van der Waals surface area contributed by atoms with E-state index in [0.717, 1.165) is 31.4 Å². The molecule has 108 valence electrons. The lowest BCUT2D eigenvalue weighted by Gasteiger charge is -2.22. The van der Waals surface area contributed by atoms with Gasteiger partial charge < -0.3 is 10.1 Å². The van der Waals surface area contributed by atoms with Crippen molar-refractivity contribution >= 4 is 11.7 Å². The normalized spacial score (nSPS) is 18.4. The van der Waals surface area contributed by atoms with Gasteiger partial charge in [0.25, 0.3) is 0 Å². The van der Waals surface area contributed by atoms with Crippen LogP contribution in [-0.4, -0.2) is 24.3 Å². The Morgan fingerprint density at radius 1 is 1.35 bits per heavy atom. The highest BCUT2D eigenvalue weighted by Crippen LogP contribution is 2.17. The van der Waals surface area contributed by atoms with Gasteiger partial charge in [-0.15, -0.1) is 0 Å². The lowest BCUT2D eigenvalue weighted by atomic mass is 9.96. The summed E-state index contributed by atoms with van der Waals surface area (Å²) in [7, 11) is 0. The van der Waals surface area contributed by atoms with Crippen LogP contribution in [0.4, 0.5) is 0 Å². The van der Waals surface area contributed by atoms with Crippen molar-refractivity contribution in [1.82, 2.24) is 5.32 Å². The molecule has 1 aromatic carbocycles. The van der Waals surface area contributed by atoms with Gasteiger partial charge in [0.05, 0.1) is 12.6 Å². The second-order valence-electron chi connectivity index (χ2n) is 5.10. The predicted molar refractivity (Wildman–Crippen MR) is 77.0 cm³/mol. The summed E-state index contributed by atoms with van der Waals surface area (Å²) in [4.78, 5) is 23.6. The number of piperidine rings is 1. The van der Waals surface area contributed by atoms with Crippen LogP contribution in [0.3, 0.4) is 0 Å². The molecule has 1 saturated heterocycles. The van der Waals surface area contributed by atoms with Crippen molar-refractivity contribution in [2.45, 2.75) is 45.1 Å². The Balaban J connectivity index is 1.94. The summed E-state index contributed by atoms with van der Waals surface area (Å²) >= 11 is 0. The minimum Gasteiger partial charge on any atom is -0.494 e. The number of carbonyl (C=O) groups excluding carboxylic acids is 2. The topological polar surface area (TPSA) is 55.4 Å². The molecule has 1 fully saturated rings. The van der Waals surface area contributed by atoms with Crippen LogP contribution in [0, 0.1) is 0 Å². The number of ketones is 1. The van der Waals surface area contributed by atoms with Gasteiger partial charge in [-0.2, -0.15) is 0 Å². The van der Waals surface area contributed by atoms with Crippen molar-refractivity contribution in [2.75, 3.05) is 6.61 Å². The van der Waals surface area contributed by atoms with Crippen LogP contribution in [0.2, 0.25) is 0 Å². The third-order valence-corrected chi connectivity index (χ3v) is 3.45. The van der Waals surface area contributed by atoms with Crippen LogP contribution in [-0.2, 0) is 4.79 Å². The van der Waals surface area contributed by atoms with Crippen molar-refractivity contribution in [3.8, 4) is 5.75 Å². The number of unbranched alkanes of at least 4 members (excludes halogenated alkanes) is 1. The number of ether oxygens (including phenoxy) is 1. The third-order valence-electron chi connectivity index (χ3n) is 3.45. The first kappa shape index (κ1) is 14.6. The van der Waals surface area contributed by atoms with E-state index in [2.05, 4.69) is 12.2 Å². The fourth-order valence-corrected chi connectivity index (χ4v) is 2.25. The summed E-state index contributed by atoms with van der Waals surface area (Å²) in [5.41, 5.74) is 0.625. The van der Waals surface area contributed by atoms with Crippen LogP contribution < -0.4 is 10.1 Å². The first-order valence-electron chi connectivity index (χ1n) is 7.27. The number of rotatable bonds is 6. The van der Waals surface area contributed by atoms with Crippen molar-refractivity contribution in [3.05, 3.63) is 29.8 Å². The number of hydrogen-bond acceptors (Lipinski definition) is 3. The first-order chi connectivity index (χ1) is 9.70. The monoisotopic (exact) mass is 275 g/mol. The van der Waals surface area contributed by atoms with E-state index in [1.54, 1.807) is 12.1 Å². The van der Waals surface area contributed by atoms with Gasteiger partial charge in [-0.05, 0) is 43.5 Å². The molecule has 1 aliphatic rings. The molecule has 1 heterocycles. The summed E-state index contributed by atoms with van der Waals surface area (Å²) in [6.07, 6.45) is 4.14. The minimum absolute atomic E-state index is 0.0156. The molecule has 4 nitrogen and oxygen atoms in total. The highest BCUT2D eigenvalue weighted by Gasteiger charge is 2.25. The van der Waals surface area contributed by atoms with Gasteiger partial charge in [0.1, 0.15) is 5.75 Å². The highest BCUT2D eigenvalue weighted by molar-refractivity contribution is 6.02. The van der Waals surface area contributed by atoms with E-state index in [-0.39, 0.29) is 17.7 Å². The molecule has 0 spiro atoms. The first-order valence-corrected chi connectivity index (χ1v) is 7.27. The van der Waals surface area contributed by atoms with Crippen molar-refractivity contribution in [2.24, 2.45) is 0 Å². The number of carbonyl (C=O) groups is 2. The van der Waals surface area contributed by atoms with E-state index in [4.69, 9.17) is 4.74 Å². The zero-order valence-corrected chi connectivity index (χ0v) is 11.9. The maximum Gasteiger partial charge on any atom is 0.220 e. The molecule has 0 bridgehead atoms. The van der Waals surface area contributed by atoms with Crippen LogP contribution in [0.1, 0.15) is 49.4 Å².